The van der Waals surface area contributed by atoms with Crippen molar-refractivity contribution in [3.8, 4) is 6.07 Å². The summed E-state index contributed by atoms with van der Waals surface area (Å²) in [6.45, 7) is 2.32. The van der Waals surface area contributed by atoms with Gasteiger partial charge < -0.3 is 0 Å². The zero-order valence-corrected chi connectivity index (χ0v) is 17.9. The zero-order chi connectivity index (χ0) is 19.2. The Bertz CT molecular complexity index is 453. The Morgan fingerprint density at radius 2 is 1.22 bits per heavy atom. The highest BCUT2D eigenvalue weighted by Crippen LogP contribution is 2.38. The van der Waals surface area contributed by atoms with E-state index in [9.17, 15) is 0 Å². The highest BCUT2D eigenvalue weighted by atomic mass is 14.3. The quantitative estimate of drug-likeness (QED) is 0.204. The second kappa shape index (κ2) is 14.0. The van der Waals surface area contributed by atoms with Crippen LogP contribution in [0.15, 0.2) is 24.3 Å². The van der Waals surface area contributed by atoms with E-state index in [0.717, 1.165) is 23.7 Å². The van der Waals surface area contributed by atoms with E-state index in [1.807, 2.05) is 18.2 Å². The molecule has 0 N–H and O–H groups in total. The van der Waals surface area contributed by atoms with Crippen LogP contribution in [0.4, 0.5) is 0 Å². The summed E-state index contributed by atoms with van der Waals surface area (Å²) in [6.07, 6.45) is 30.9. The van der Waals surface area contributed by atoms with Gasteiger partial charge in [0.15, 0.2) is 0 Å². The monoisotopic (exact) mass is 369 g/mol. The van der Waals surface area contributed by atoms with Gasteiger partial charge in [0.05, 0.1) is 6.07 Å². The fourth-order valence-electron chi connectivity index (χ4n) is 5.38. The summed E-state index contributed by atoms with van der Waals surface area (Å²) < 4.78 is 0. The lowest BCUT2D eigenvalue weighted by Gasteiger charge is -2.32. The highest BCUT2D eigenvalue weighted by Gasteiger charge is 2.24. The first-order valence-corrected chi connectivity index (χ1v) is 12.0. The van der Waals surface area contributed by atoms with Crippen molar-refractivity contribution in [3.63, 3.8) is 0 Å². The molecule has 0 bridgehead atoms. The van der Waals surface area contributed by atoms with E-state index in [1.54, 1.807) is 6.08 Å². The Morgan fingerprint density at radius 1 is 0.704 bits per heavy atom. The third-order valence-corrected chi connectivity index (χ3v) is 7.29. The molecule has 0 saturated heterocycles. The molecule has 0 aromatic heterocycles. The summed E-state index contributed by atoms with van der Waals surface area (Å²) in [5.41, 5.74) is 0. The molecular formula is C26H43N. The lowest BCUT2D eigenvalue weighted by atomic mass is 9.74. The third-order valence-electron chi connectivity index (χ3n) is 7.29. The average molecular weight is 370 g/mol. The molecule has 0 heterocycles. The second-order valence-corrected chi connectivity index (χ2v) is 9.34. The lowest BCUT2D eigenvalue weighted by Crippen LogP contribution is -2.18. The summed E-state index contributed by atoms with van der Waals surface area (Å²) in [4.78, 5) is 0. The van der Waals surface area contributed by atoms with Gasteiger partial charge in [-0.05, 0) is 36.5 Å². The first kappa shape index (κ1) is 22.3. The van der Waals surface area contributed by atoms with E-state index in [-0.39, 0.29) is 0 Å². The maximum absolute atomic E-state index is 8.46. The predicted molar refractivity (Wildman–Crippen MR) is 117 cm³/mol. The van der Waals surface area contributed by atoms with Crippen LogP contribution in [0.5, 0.6) is 0 Å². The van der Waals surface area contributed by atoms with E-state index >= 15 is 0 Å². The van der Waals surface area contributed by atoms with Gasteiger partial charge in [0, 0.05) is 6.08 Å². The van der Waals surface area contributed by atoms with Crippen molar-refractivity contribution in [2.75, 3.05) is 0 Å². The highest BCUT2D eigenvalue weighted by molar-refractivity contribution is 5.11. The summed E-state index contributed by atoms with van der Waals surface area (Å²) in [5, 5.41) is 8.46. The van der Waals surface area contributed by atoms with Crippen LogP contribution < -0.4 is 0 Å². The van der Waals surface area contributed by atoms with E-state index in [0.29, 0.717) is 0 Å². The molecule has 0 amide bonds. The number of unbranched alkanes of at least 4 members (excludes halogenated alkanes) is 2. The topological polar surface area (TPSA) is 23.8 Å². The van der Waals surface area contributed by atoms with Gasteiger partial charge in [-0.1, -0.05) is 115 Å². The van der Waals surface area contributed by atoms with Crippen LogP contribution in [0.1, 0.15) is 110 Å². The van der Waals surface area contributed by atoms with Gasteiger partial charge in [-0.2, -0.15) is 5.26 Å². The SMILES string of the molecule is CCCCCC1CCC(CCC2CCC(CCC=CC=CC#N)CC2)CC1. The van der Waals surface area contributed by atoms with Gasteiger partial charge in [-0.15, -0.1) is 0 Å². The van der Waals surface area contributed by atoms with Crippen molar-refractivity contribution in [1.29, 1.82) is 5.26 Å². The van der Waals surface area contributed by atoms with Crippen LogP contribution in [-0.4, -0.2) is 0 Å². The first-order valence-electron chi connectivity index (χ1n) is 12.0. The Labute approximate surface area is 169 Å². The number of hydrogen-bond acceptors (Lipinski definition) is 1. The molecule has 0 aliphatic heterocycles. The van der Waals surface area contributed by atoms with Crippen LogP contribution in [0.25, 0.3) is 0 Å². The van der Waals surface area contributed by atoms with Crippen LogP contribution in [0.2, 0.25) is 0 Å². The minimum Gasteiger partial charge on any atom is -0.193 e. The number of rotatable bonds is 11. The first-order chi connectivity index (χ1) is 13.3. The molecule has 27 heavy (non-hydrogen) atoms. The molecule has 0 aromatic carbocycles. The molecule has 0 atom stereocenters. The van der Waals surface area contributed by atoms with Crippen LogP contribution in [0.3, 0.4) is 0 Å². The van der Waals surface area contributed by atoms with E-state index < -0.39 is 0 Å². The Hall–Kier alpha value is -1.03. The standard InChI is InChI=1S/C26H43N/c1-2-3-7-10-23-12-16-25(17-13-23)20-21-26-18-14-24(15-19-26)11-8-5-4-6-9-22-27/h4-6,9,23-26H,2-3,7-8,10-21H2,1H3. The number of hydrogen-bond donors (Lipinski definition) is 0. The molecule has 2 rings (SSSR count). The van der Waals surface area contributed by atoms with Crippen molar-refractivity contribution < 1.29 is 0 Å². The number of nitriles is 1. The second-order valence-electron chi connectivity index (χ2n) is 9.34. The molecule has 2 fully saturated rings. The molecule has 0 radical (unpaired) electrons. The van der Waals surface area contributed by atoms with Crippen molar-refractivity contribution in [3.05, 3.63) is 24.3 Å². The fourth-order valence-corrected chi connectivity index (χ4v) is 5.38. The van der Waals surface area contributed by atoms with Crippen molar-refractivity contribution in [2.24, 2.45) is 23.7 Å². The largest absolute Gasteiger partial charge is 0.193 e. The van der Waals surface area contributed by atoms with Crippen LogP contribution >= 0.6 is 0 Å². The Kier molecular flexibility index (Phi) is 11.6. The van der Waals surface area contributed by atoms with Crippen molar-refractivity contribution in [1.82, 2.24) is 0 Å². The molecule has 1 heteroatoms. The van der Waals surface area contributed by atoms with Crippen molar-refractivity contribution in [2.45, 2.75) is 110 Å². The average Bonchev–Trinajstić information content (AvgIpc) is 2.71. The van der Waals surface area contributed by atoms with Gasteiger partial charge in [0.1, 0.15) is 0 Å². The van der Waals surface area contributed by atoms with Gasteiger partial charge in [-0.25, -0.2) is 0 Å². The minimum atomic E-state index is 0.949. The van der Waals surface area contributed by atoms with E-state index in [2.05, 4.69) is 13.0 Å². The molecule has 0 aromatic rings. The summed E-state index contributed by atoms with van der Waals surface area (Å²) >= 11 is 0. The number of nitrogens with zero attached hydrogens (tertiary/aromatic N) is 1. The third kappa shape index (κ3) is 9.64. The smallest absolute Gasteiger partial charge is 0.0912 e. The van der Waals surface area contributed by atoms with E-state index in [1.165, 1.54) is 103 Å². The zero-order valence-electron chi connectivity index (χ0n) is 17.9. The molecular weight excluding hydrogens is 326 g/mol. The maximum atomic E-state index is 8.46. The fraction of sp³-hybridized carbons (Fsp3) is 0.808. The lowest BCUT2D eigenvalue weighted by molar-refractivity contribution is 0.209. The van der Waals surface area contributed by atoms with Gasteiger partial charge in [-0.3, -0.25) is 0 Å². The van der Waals surface area contributed by atoms with Gasteiger partial charge in [0.25, 0.3) is 0 Å². The predicted octanol–water partition coefficient (Wildman–Crippen LogP) is 8.38. The van der Waals surface area contributed by atoms with Crippen LogP contribution in [-0.2, 0) is 0 Å². The van der Waals surface area contributed by atoms with Crippen molar-refractivity contribution >= 4 is 0 Å². The van der Waals surface area contributed by atoms with E-state index in [4.69, 9.17) is 5.26 Å². The Balaban J connectivity index is 1.50. The molecule has 1 nitrogen and oxygen atoms in total. The molecule has 0 spiro atoms. The van der Waals surface area contributed by atoms with Gasteiger partial charge in [0.2, 0.25) is 0 Å². The van der Waals surface area contributed by atoms with Gasteiger partial charge >= 0.3 is 0 Å². The number of allylic oxidation sites excluding steroid dienone is 4. The summed E-state index contributed by atoms with van der Waals surface area (Å²) in [7, 11) is 0. The summed E-state index contributed by atoms with van der Waals surface area (Å²) in [5.74, 6) is 4.09. The summed E-state index contributed by atoms with van der Waals surface area (Å²) in [6, 6.07) is 2.03. The Morgan fingerprint density at radius 3 is 1.74 bits per heavy atom. The molecule has 2 aliphatic rings. The molecule has 152 valence electrons. The minimum absolute atomic E-state index is 0.949. The molecule has 0 unspecified atom stereocenters. The normalized spacial score (nSPS) is 29.3. The molecule has 2 aliphatic carbocycles. The molecule has 2 saturated carbocycles. The van der Waals surface area contributed by atoms with Crippen LogP contribution in [0, 0.1) is 35.0 Å². The maximum Gasteiger partial charge on any atom is 0.0912 e.